The highest BCUT2D eigenvalue weighted by atomic mass is 16.4. The van der Waals surface area contributed by atoms with E-state index in [1.165, 1.54) is 6.26 Å². The van der Waals surface area contributed by atoms with Gasteiger partial charge in [-0.2, -0.15) is 0 Å². The van der Waals surface area contributed by atoms with Crippen LogP contribution in [0.4, 0.5) is 0 Å². The summed E-state index contributed by atoms with van der Waals surface area (Å²) in [5.74, 6) is -2.37. The van der Waals surface area contributed by atoms with Gasteiger partial charge >= 0.3 is 5.97 Å². The van der Waals surface area contributed by atoms with Crippen molar-refractivity contribution in [2.24, 2.45) is 0 Å². The number of aliphatic hydroxyl groups is 2. The van der Waals surface area contributed by atoms with E-state index in [9.17, 15) is 9.90 Å². The number of benzene rings is 1. The van der Waals surface area contributed by atoms with Gasteiger partial charge in [0.05, 0.1) is 6.26 Å². The first-order valence-electron chi connectivity index (χ1n) is 4.87. The minimum absolute atomic E-state index is 0.445. The third-order valence-corrected chi connectivity index (χ3v) is 2.36. The molecule has 88 valence electrons. The van der Waals surface area contributed by atoms with E-state index in [2.05, 4.69) is 0 Å². The fourth-order valence-electron chi connectivity index (χ4n) is 1.47. The number of hydrogen-bond acceptors (Lipinski definition) is 4. The largest absolute Gasteiger partial charge is 0.502 e. The zero-order valence-corrected chi connectivity index (χ0v) is 8.70. The number of carboxylic acid groups (broad SMARTS) is 1. The second kappa shape index (κ2) is 4.31. The zero-order chi connectivity index (χ0) is 12.4. The van der Waals surface area contributed by atoms with Crippen LogP contribution in [0.5, 0.6) is 0 Å². The molecule has 0 saturated carbocycles. The minimum Gasteiger partial charge on any atom is -0.502 e. The van der Waals surface area contributed by atoms with Gasteiger partial charge in [0.25, 0.3) is 0 Å². The van der Waals surface area contributed by atoms with E-state index in [4.69, 9.17) is 14.6 Å². The summed E-state index contributed by atoms with van der Waals surface area (Å²) in [5.41, 5.74) is 1.03. The lowest BCUT2D eigenvalue weighted by Gasteiger charge is -2.05. The van der Waals surface area contributed by atoms with E-state index in [0.717, 1.165) is 11.5 Å². The molecule has 0 bridgehead atoms. The van der Waals surface area contributed by atoms with Crippen molar-refractivity contribution >= 4 is 16.9 Å². The van der Waals surface area contributed by atoms with Gasteiger partial charge in [0.15, 0.2) is 0 Å². The molecule has 17 heavy (non-hydrogen) atoms. The van der Waals surface area contributed by atoms with Gasteiger partial charge in [0, 0.05) is 5.39 Å². The second-order valence-corrected chi connectivity index (χ2v) is 3.52. The number of fused-ring (bicyclic) bond motifs is 1. The molecule has 1 heterocycles. The standard InChI is InChI=1S/C12H10O5/c13-9(6-10(14)12(15)16)8-2-1-7-3-4-17-11(7)5-8/h1-6,9,13-14H,(H,15,16)/b10-6+. The van der Waals surface area contributed by atoms with Gasteiger partial charge in [-0.15, -0.1) is 0 Å². The van der Waals surface area contributed by atoms with Crippen LogP contribution < -0.4 is 0 Å². The van der Waals surface area contributed by atoms with Crippen LogP contribution in [-0.2, 0) is 4.79 Å². The molecule has 0 aliphatic rings. The molecule has 1 atom stereocenters. The number of carbonyl (C=O) groups is 1. The normalized spacial score (nSPS) is 13.8. The molecule has 0 amide bonds. The maximum atomic E-state index is 10.4. The summed E-state index contributed by atoms with van der Waals surface area (Å²) >= 11 is 0. The summed E-state index contributed by atoms with van der Waals surface area (Å²) in [6.07, 6.45) is 1.18. The average molecular weight is 234 g/mol. The van der Waals surface area contributed by atoms with E-state index in [1.807, 2.05) is 0 Å². The molecule has 0 saturated heterocycles. The van der Waals surface area contributed by atoms with Gasteiger partial charge in [0.1, 0.15) is 11.7 Å². The average Bonchev–Trinajstić information content (AvgIpc) is 2.75. The molecular weight excluding hydrogens is 224 g/mol. The first-order chi connectivity index (χ1) is 8.08. The highest BCUT2D eigenvalue weighted by molar-refractivity contribution is 5.84. The number of aliphatic hydroxyl groups excluding tert-OH is 2. The molecule has 0 aliphatic heterocycles. The molecule has 2 aromatic rings. The minimum atomic E-state index is -1.48. The first kappa shape index (κ1) is 11.2. The molecule has 0 radical (unpaired) electrons. The van der Waals surface area contributed by atoms with Gasteiger partial charge in [0.2, 0.25) is 5.76 Å². The van der Waals surface area contributed by atoms with E-state index < -0.39 is 17.8 Å². The Hall–Kier alpha value is -2.27. The van der Waals surface area contributed by atoms with Crippen molar-refractivity contribution in [3.05, 3.63) is 47.9 Å². The van der Waals surface area contributed by atoms with E-state index >= 15 is 0 Å². The third kappa shape index (κ3) is 2.29. The van der Waals surface area contributed by atoms with Crippen LogP contribution in [-0.4, -0.2) is 21.3 Å². The second-order valence-electron chi connectivity index (χ2n) is 3.52. The van der Waals surface area contributed by atoms with Crippen molar-refractivity contribution < 1.29 is 24.5 Å². The molecule has 5 heteroatoms. The summed E-state index contributed by atoms with van der Waals surface area (Å²) in [4.78, 5) is 10.4. The van der Waals surface area contributed by atoms with Crippen molar-refractivity contribution in [3.8, 4) is 0 Å². The van der Waals surface area contributed by atoms with Crippen LogP contribution >= 0.6 is 0 Å². The Kier molecular flexibility index (Phi) is 2.84. The third-order valence-electron chi connectivity index (χ3n) is 2.36. The Bertz CT molecular complexity index is 581. The van der Waals surface area contributed by atoms with Gasteiger partial charge in [-0.3, -0.25) is 0 Å². The number of carboxylic acids is 1. The van der Waals surface area contributed by atoms with Gasteiger partial charge in [-0.25, -0.2) is 4.79 Å². The molecule has 1 aromatic carbocycles. The van der Waals surface area contributed by atoms with Crippen LogP contribution in [0.25, 0.3) is 11.0 Å². The summed E-state index contributed by atoms with van der Waals surface area (Å²) in [7, 11) is 0. The van der Waals surface area contributed by atoms with Gasteiger partial charge in [-0.05, 0) is 23.8 Å². The van der Waals surface area contributed by atoms with Crippen LogP contribution in [0.1, 0.15) is 11.7 Å². The van der Waals surface area contributed by atoms with Crippen LogP contribution in [0.15, 0.2) is 46.8 Å². The molecule has 2 rings (SSSR count). The van der Waals surface area contributed by atoms with Crippen LogP contribution in [0, 0.1) is 0 Å². The lowest BCUT2D eigenvalue weighted by atomic mass is 10.1. The van der Waals surface area contributed by atoms with E-state index in [-0.39, 0.29) is 0 Å². The first-order valence-corrected chi connectivity index (χ1v) is 4.87. The smallest absolute Gasteiger partial charge is 0.370 e. The predicted molar refractivity (Wildman–Crippen MR) is 59.5 cm³/mol. The van der Waals surface area contributed by atoms with Crippen molar-refractivity contribution in [1.29, 1.82) is 0 Å². The highest BCUT2D eigenvalue weighted by Gasteiger charge is 2.11. The number of hydrogen-bond donors (Lipinski definition) is 3. The molecule has 3 N–H and O–H groups in total. The summed E-state index contributed by atoms with van der Waals surface area (Å²) in [5, 5.41) is 28.1. The molecular formula is C12H10O5. The molecule has 1 aromatic heterocycles. The molecule has 5 nitrogen and oxygen atoms in total. The Morgan fingerprint density at radius 1 is 1.29 bits per heavy atom. The maximum absolute atomic E-state index is 10.4. The number of furan rings is 1. The van der Waals surface area contributed by atoms with E-state index in [0.29, 0.717) is 11.1 Å². The molecule has 0 spiro atoms. The van der Waals surface area contributed by atoms with Crippen LogP contribution in [0.3, 0.4) is 0 Å². The van der Waals surface area contributed by atoms with E-state index in [1.54, 1.807) is 24.3 Å². The van der Waals surface area contributed by atoms with Gasteiger partial charge in [-0.1, -0.05) is 12.1 Å². The molecule has 1 unspecified atom stereocenters. The summed E-state index contributed by atoms with van der Waals surface area (Å²) in [6, 6.07) is 6.73. The fourth-order valence-corrected chi connectivity index (χ4v) is 1.47. The quantitative estimate of drug-likeness (QED) is 0.558. The van der Waals surface area contributed by atoms with Crippen molar-refractivity contribution in [2.45, 2.75) is 6.10 Å². The Balaban J connectivity index is 2.33. The Morgan fingerprint density at radius 2 is 2.06 bits per heavy atom. The topological polar surface area (TPSA) is 90.9 Å². The Morgan fingerprint density at radius 3 is 2.76 bits per heavy atom. The number of aliphatic carboxylic acids is 1. The molecule has 0 fully saturated rings. The number of rotatable bonds is 3. The predicted octanol–water partition coefficient (Wildman–Crippen LogP) is 1.99. The lowest BCUT2D eigenvalue weighted by Crippen LogP contribution is -2.02. The Labute approximate surface area is 96.2 Å². The van der Waals surface area contributed by atoms with Gasteiger partial charge < -0.3 is 19.7 Å². The highest BCUT2D eigenvalue weighted by Crippen LogP contribution is 2.22. The van der Waals surface area contributed by atoms with Crippen molar-refractivity contribution in [3.63, 3.8) is 0 Å². The fraction of sp³-hybridized carbons (Fsp3) is 0.0833. The van der Waals surface area contributed by atoms with Crippen LogP contribution in [0.2, 0.25) is 0 Å². The SMILES string of the molecule is O=C(O)/C(O)=C\C(O)c1ccc2ccoc2c1. The summed E-state index contributed by atoms with van der Waals surface area (Å²) in [6.45, 7) is 0. The molecule has 0 aliphatic carbocycles. The maximum Gasteiger partial charge on any atom is 0.370 e. The zero-order valence-electron chi connectivity index (χ0n) is 8.70. The summed E-state index contributed by atoms with van der Waals surface area (Å²) < 4.78 is 5.15. The van der Waals surface area contributed by atoms with Crippen molar-refractivity contribution in [2.75, 3.05) is 0 Å². The van der Waals surface area contributed by atoms with Crippen molar-refractivity contribution in [1.82, 2.24) is 0 Å². The lowest BCUT2D eigenvalue weighted by molar-refractivity contribution is -0.135. The monoisotopic (exact) mass is 234 g/mol.